The molecule has 1 amide bonds. The maximum Gasteiger partial charge on any atom is 0.251 e. The maximum atomic E-state index is 11.9. The lowest BCUT2D eigenvalue weighted by Crippen LogP contribution is -2.44. The van der Waals surface area contributed by atoms with Crippen LogP contribution in [-0.4, -0.2) is 44.1 Å². The summed E-state index contributed by atoms with van der Waals surface area (Å²) < 4.78 is 0. The van der Waals surface area contributed by atoms with E-state index in [9.17, 15) is 4.79 Å². The average molecular weight is 556 g/mol. The highest BCUT2D eigenvalue weighted by atomic mass is 127. The van der Waals surface area contributed by atoms with E-state index < -0.39 is 0 Å². The number of hydrogen-bond donors (Lipinski definition) is 3. The molecular weight excluding hydrogens is 525 g/mol. The van der Waals surface area contributed by atoms with Gasteiger partial charge in [0.1, 0.15) is 0 Å². The van der Waals surface area contributed by atoms with E-state index in [4.69, 9.17) is 16.6 Å². The highest BCUT2D eigenvalue weighted by Gasteiger charge is 2.23. The standard InChI is InChI=1S/C23H30ClN5O.HI/c1-3-25-22(30)18-10-8-17(9-11-18)15-27-23(26-4-2)28-20-12-13-29(16-20)21-7-5-6-19(24)14-21;/h5-11,14,20H,3-4,12-13,15-16H2,1-2H3,(H,25,30)(H2,26,27,28);1H. The van der Waals surface area contributed by atoms with E-state index in [0.29, 0.717) is 24.7 Å². The monoisotopic (exact) mass is 555 g/mol. The van der Waals surface area contributed by atoms with Crippen LogP contribution in [0.5, 0.6) is 0 Å². The molecule has 1 heterocycles. The molecule has 3 N–H and O–H groups in total. The second-order valence-electron chi connectivity index (χ2n) is 7.31. The Balaban J connectivity index is 0.00000341. The number of anilines is 1. The van der Waals surface area contributed by atoms with Crippen LogP contribution in [0.15, 0.2) is 53.5 Å². The Morgan fingerprint density at radius 3 is 2.55 bits per heavy atom. The normalized spacial score (nSPS) is 15.9. The molecule has 31 heavy (non-hydrogen) atoms. The number of nitrogens with zero attached hydrogens (tertiary/aromatic N) is 2. The lowest BCUT2D eigenvalue weighted by molar-refractivity contribution is 0.0956. The van der Waals surface area contributed by atoms with Crippen molar-refractivity contribution in [1.29, 1.82) is 0 Å². The molecule has 1 fully saturated rings. The van der Waals surface area contributed by atoms with Crippen molar-refractivity contribution < 1.29 is 4.79 Å². The third kappa shape index (κ3) is 7.57. The molecule has 1 aliphatic rings. The van der Waals surface area contributed by atoms with Gasteiger partial charge in [0.2, 0.25) is 0 Å². The van der Waals surface area contributed by atoms with Gasteiger partial charge in [-0.15, -0.1) is 24.0 Å². The van der Waals surface area contributed by atoms with Gasteiger partial charge in [-0.25, -0.2) is 4.99 Å². The van der Waals surface area contributed by atoms with Crippen LogP contribution in [0.1, 0.15) is 36.2 Å². The molecular formula is C23H31ClIN5O. The first-order valence-corrected chi connectivity index (χ1v) is 10.9. The van der Waals surface area contributed by atoms with Gasteiger partial charge in [0, 0.05) is 48.5 Å². The molecule has 1 atom stereocenters. The van der Waals surface area contributed by atoms with E-state index in [1.807, 2.05) is 49.4 Å². The van der Waals surface area contributed by atoms with Crippen molar-refractivity contribution in [2.24, 2.45) is 4.99 Å². The number of hydrogen-bond acceptors (Lipinski definition) is 3. The first-order chi connectivity index (χ1) is 14.6. The summed E-state index contributed by atoms with van der Waals surface area (Å²) >= 11 is 6.13. The van der Waals surface area contributed by atoms with Gasteiger partial charge in [0.25, 0.3) is 5.91 Å². The summed E-state index contributed by atoms with van der Waals surface area (Å²) in [5.41, 5.74) is 2.88. The summed E-state index contributed by atoms with van der Waals surface area (Å²) in [6.07, 6.45) is 1.04. The van der Waals surface area contributed by atoms with Crippen molar-refractivity contribution in [2.45, 2.75) is 32.9 Å². The van der Waals surface area contributed by atoms with Crippen LogP contribution in [0, 0.1) is 0 Å². The van der Waals surface area contributed by atoms with E-state index in [1.165, 1.54) is 0 Å². The number of rotatable bonds is 7. The van der Waals surface area contributed by atoms with E-state index in [-0.39, 0.29) is 29.9 Å². The Labute approximate surface area is 206 Å². The van der Waals surface area contributed by atoms with Crippen LogP contribution in [0.25, 0.3) is 0 Å². The second-order valence-corrected chi connectivity index (χ2v) is 7.74. The Hall–Kier alpha value is -2.00. The fourth-order valence-corrected chi connectivity index (χ4v) is 3.68. The van der Waals surface area contributed by atoms with Gasteiger partial charge < -0.3 is 20.9 Å². The van der Waals surface area contributed by atoms with Crippen molar-refractivity contribution in [1.82, 2.24) is 16.0 Å². The van der Waals surface area contributed by atoms with Crippen LogP contribution in [0.3, 0.4) is 0 Å². The maximum absolute atomic E-state index is 11.9. The Bertz CT molecular complexity index is 875. The minimum Gasteiger partial charge on any atom is -0.369 e. The van der Waals surface area contributed by atoms with Gasteiger partial charge in [-0.2, -0.15) is 0 Å². The Kier molecular flexibility index (Phi) is 10.4. The molecule has 0 bridgehead atoms. The number of amides is 1. The van der Waals surface area contributed by atoms with Gasteiger partial charge in [-0.1, -0.05) is 29.8 Å². The summed E-state index contributed by atoms with van der Waals surface area (Å²) in [6.45, 7) is 7.84. The fraction of sp³-hybridized carbons (Fsp3) is 0.391. The van der Waals surface area contributed by atoms with Gasteiger partial charge in [0.15, 0.2) is 5.96 Å². The summed E-state index contributed by atoms with van der Waals surface area (Å²) in [5.74, 6) is 0.760. The van der Waals surface area contributed by atoms with Crippen LogP contribution < -0.4 is 20.9 Å². The lowest BCUT2D eigenvalue weighted by Gasteiger charge is -2.20. The van der Waals surface area contributed by atoms with E-state index in [1.54, 1.807) is 0 Å². The fourth-order valence-electron chi connectivity index (χ4n) is 3.49. The van der Waals surface area contributed by atoms with Crippen LogP contribution >= 0.6 is 35.6 Å². The first-order valence-electron chi connectivity index (χ1n) is 10.5. The summed E-state index contributed by atoms with van der Waals surface area (Å²) in [5, 5.41) is 10.4. The predicted molar refractivity (Wildman–Crippen MR) is 140 cm³/mol. The second kappa shape index (κ2) is 12.8. The molecule has 3 rings (SSSR count). The zero-order valence-electron chi connectivity index (χ0n) is 18.0. The zero-order chi connectivity index (χ0) is 21.3. The molecule has 0 radical (unpaired) electrons. The molecule has 0 aliphatic carbocycles. The first kappa shape index (κ1) is 25.3. The van der Waals surface area contributed by atoms with Gasteiger partial charge in [0.05, 0.1) is 6.54 Å². The number of aliphatic imine (C=N–C) groups is 1. The minimum absolute atomic E-state index is 0. The molecule has 1 unspecified atom stereocenters. The summed E-state index contributed by atoms with van der Waals surface area (Å²) in [7, 11) is 0. The molecule has 1 aliphatic heterocycles. The molecule has 0 saturated carbocycles. The molecule has 0 aromatic heterocycles. The number of nitrogens with one attached hydrogen (secondary N) is 3. The highest BCUT2D eigenvalue weighted by molar-refractivity contribution is 14.0. The number of carbonyl (C=O) groups excluding carboxylic acids is 1. The molecule has 8 heteroatoms. The minimum atomic E-state index is -0.0481. The van der Waals surface area contributed by atoms with E-state index in [0.717, 1.165) is 48.3 Å². The molecule has 6 nitrogen and oxygen atoms in total. The SMILES string of the molecule is CCNC(=O)c1ccc(CN=C(NCC)NC2CCN(c3cccc(Cl)c3)C2)cc1.I. The lowest BCUT2D eigenvalue weighted by atomic mass is 10.1. The third-order valence-electron chi connectivity index (χ3n) is 5.02. The van der Waals surface area contributed by atoms with Crippen molar-refractivity contribution >= 4 is 53.1 Å². The number of guanidine groups is 1. The van der Waals surface area contributed by atoms with Crippen molar-refractivity contribution in [3.05, 3.63) is 64.7 Å². The van der Waals surface area contributed by atoms with Crippen LogP contribution in [-0.2, 0) is 6.54 Å². The summed E-state index contributed by atoms with van der Waals surface area (Å²) in [4.78, 5) is 18.9. The molecule has 2 aromatic rings. The van der Waals surface area contributed by atoms with Gasteiger partial charge in [-0.3, -0.25) is 4.79 Å². The largest absolute Gasteiger partial charge is 0.369 e. The van der Waals surface area contributed by atoms with Gasteiger partial charge in [-0.05, 0) is 56.2 Å². The molecule has 0 spiro atoms. The number of benzene rings is 2. The molecule has 168 valence electrons. The average Bonchev–Trinajstić information content (AvgIpc) is 3.21. The Morgan fingerprint density at radius 2 is 1.87 bits per heavy atom. The van der Waals surface area contributed by atoms with Crippen LogP contribution in [0.4, 0.5) is 5.69 Å². The highest BCUT2D eigenvalue weighted by Crippen LogP contribution is 2.23. The van der Waals surface area contributed by atoms with Crippen LogP contribution in [0.2, 0.25) is 5.02 Å². The Morgan fingerprint density at radius 1 is 1.13 bits per heavy atom. The summed E-state index contributed by atoms with van der Waals surface area (Å²) in [6, 6.07) is 15.9. The quantitative estimate of drug-likeness (QED) is 0.274. The van der Waals surface area contributed by atoms with Crippen molar-refractivity contribution in [3.63, 3.8) is 0 Å². The van der Waals surface area contributed by atoms with Crippen molar-refractivity contribution in [3.8, 4) is 0 Å². The number of carbonyl (C=O) groups is 1. The van der Waals surface area contributed by atoms with E-state index in [2.05, 4.69) is 33.8 Å². The van der Waals surface area contributed by atoms with Crippen molar-refractivity contribution in [2.75, 3.05) is 31.1 Å². The molecule has 2 aromatic carbocycles. The third-order valence-corrected chi connectivity index (χ3v) is 5.25. The van der Waals surface area contributed by atoms with Gasteiger partial charge >= 0.3 is 0 Å². The molecule has 1 saturated heterocycles. The predicted octanol–water partition coefficient (Wildman–Crippen LogP) is 4.04. The van der Waals surface area contributed by atoms with E-state index >= 15 is 0 Å². The number of halogens is 2. The smallest absolute Gasteiger partial charge is 0.251 e. The zero-order valence-corrected chi connectivity index (χ0v) is 21.1. The topological polar surface area (TPSA) is 68.8 Å².